The Balaban J connectivity index is 1.29. The molecule has 0 aliphatic carbocycles. The van der Waals surface area contributed by atoms with Gasteiger partial charge in [0.15, 0.2) is 6.10 Å². The first-order valence-corrected chi connectivity index (χ1v) is 10.8. The molecule has 2 heterocycles. The fraction of sp³-hybridized carbons (Fsp3) is 0.348. The molecule has 1 amide bonds. The number of nitrogens with zero attached hydrogens (tertiary/aromatic N) is 2. The van der Waals surface area contributed by atoms with Gasteiger partial charge >= 0.3 is 5.97 Å². The highest BCUT2D eigenvalue weighted by Crippen LogP contribution is 2.32. The Morgan fingerprint density at radius 2 is 1.97 bits per heavy atom. The minimum atomic E-state index is -0.793. The lowest BCUT2D eigenvalue weighted by Gasteiger charge is -2.25. The molecule has 0 spiro atoms. The van der Waals surface area contributed by atoms with Crippen molar-refractivity contribution in [2.24, 2.45) is 0 Å². The van der Waals surface area contributed by atoms with Crippen molar-refractivity contribution in [3.8, 4) is 0 Å². The zero-order chi connectivity index (χ0) is 20.4. The van der Waals surface area contributed by atoms with Gasteiger partial charge in [-0.3, -0.25) is 9.59 Å². The second-order valence-corrected chi connectivity index (χ2v) is 8.57. The summed E-state index contributed by atoms with van der Waals surface area (Å²) in [5.74, 6) is -0.505. The van der Waals surface area contributed by atoms with E-state index >= 15 is 0 Å². The molecule has 0 bridgehead atoms. The highest BCUT2D eigenvalue weighted by molar-refractivity contribution is 7.18. The lowest BCUT2D eigenvalue weighted by molar-refractivity contribution is -0.154. The standard InChI is InChI=1S/C23H24N2O3S/c1-15-14-17-8-3-5-10-19(17)25(15)23(27)16(2)28-22(26)13-7-12-21-24-18-9-4-6-11-20(18)29-21/h3-6,8-11,15-16H,7,12-14H2,1-2H3/t15-,16-/m0/s1. The Hall–Kier alpha value is -2.73. The van der Waals surface area contributed by atoms with E-state index in [0.29, 0.717) is 6.42 Å². The summed E-state index contributed by atoms with van der Waals surface area (Å²) in [7, 11) is 0. The normalized spacial score (nSPS) is 16.6. The molecule has 6 heteroatoms. The summed E-state index contributed by atoms with van der Waals surface area (Å²) in [4.78, 5) is 31.5. The van der Waals surface area contributed by atoms with Crippen LogP contribution in [0.25, 0.3) is 10.2 Å². The third-order valence-corrected chi connectivity index (χ3v) is 6.31. The summed E-state index contributed by atoms with van der Waals surface area (Å²) in [6, 6.07) is 16.0. The molecule has 1 aromatic heterocycles. The van der Waals surface area contributed by atoms with E-state index in [-0.39, 0.29) is 24.3 Å². The maximum atomic E-state index is 12.9. The molecule has 1 aliphatic rings. The van der Waals surface area contributed by atoms with E-state index in [1.54, 1.807) is 23.2 Å². The van der Waals surface area contributed by atoms with Gasteiger partial charge in [0.05, 0.1) is 15.2 Å². The quantitative estimate of drug-likeness (QED) is 0.562. The topological polar surface area (TPSA) is 59.5 Å². The van der Waals surface area contributed by atoms with Crippen LogP contribution in [0.2, 0.25) is 0 Å². The SMILES string of the molecule is C[C@H](OC(=O)CCCc1nc2ccccc2s1)C(=O)N1c2ccccc2C[C@@H]1C. The Morgan fingerprint density at radius 1 is 1.21 bits per heavy atom. The molecule has 1 aliphatic heterocycles. The Morgan fingerprint density at radius 3 is 2.79 bits per heavy atom. The molecule has 2 atom stereocenters. The fourth-order valence-electron chi connectivity index (χ4n) is 3.81. The third kappa shape index (κ3) is 4.17. The van der Waals surface area contributed by atoms with Crippen molar-refractivity contribution in [1.29, 1.82) is 0 Å². The van der Waals surface area contributed by atoms with Gasteiger partial charge < -0.3 is 9.64 Å². The number of amides is 1. The summed E-state index contributed by atoms with van der Waals surface area (Å²) < 4.78 is 6.59. The second-order valence-electron chi connectivity index (χ2n) is 7.45. The highest BCUT2D eigenvalue weighted by Gasteiger charge is 2.34. The smallest absolute Gasteiger partial charge is 0.306 e. The van der Waals surface area contributed by atoms with Crippen LogP contribution in [0.15, 0.2) is 48.5 Å². The largest absolute Gasteiger partial charge is 0.453 e. The summed E-state index contributed by atoms with van der Waals surface area (Å²) in [6.45, 7) is 3.67. The molecular formula is C23H24N2O3S. The van der Waals surface area contributed by atoms with E-state index in [0.717, 1.165) is 39.3 Å². The Kier molecular flexibility index (Phi) is 5.62. The average molecular weight is 409 g/mol. The molecule has 5 nitrogen and oxygen atoms in total. The van der Waals surface area contributed by atoms with Crippen molar-refractivity contribution in [2.75, 3.05) is 4.90 Å². The van der Waals surface area contributed by atoms with E-state index < -0.39 is 6.10 Å². The Labute approximate surface area is 174 Å². The predicted molar refractivity (Wildman–Crippen MR) is 115 cm³/mol. The zero-order valence-corrected chi connectivity index (χ0v) is 17.4. The van der Waals surface area contributed by atoms with Crippen molar-refractivity contribution >= 4 is 39.1 Å². The second kappa shape index (κ2) is 8.33. The van der Waals surface area contributed by atoms with Crippen LogP contribution in [0.3, 0.4) is 0 Å². The van der Waals surface area contributed by atoms with Crippen molar-refractivity contribution in [3.05, 3.63) is 59.1 Å². The number of carbonyl (C=O) groups excluding carboxylic acids is 2. The summed E-state index contributed by atoms with van der Waals surface area (Å²) in [5, 5.41) is 1.02. The fourth-order valence-corrected chi connectivity index (χ4v) is 4.82. The van der Waals surface area contributed by atoms with Gasteiger partial charge in [0.2, 0.25) is 0 Å². The van der Waals surface area contributed by atoms with E-state index in [4.69, 9.17) is 4.74 Å². The first kappa shape index (κ1) is 19.6. The van der Waals surface area contributed by atoms with Crippen LogP contribution in [0.1, 0.15) is 37.3 Å². The van der Waals surface area contributed by atoms with Crippen LogP contribution in [-0.4, -0.2) is 29.0 Å². The van der Waals surface area contributed by atoms with Gasteiger partial charge in [0, 0.05) is 18.2 Å². The van der Waals surface area contributed by atoms with E-state index in [1.807, 2.05) is 49.4 Å². The van der Waals surface area contributed by atoms with Crippen molar-refractivity contribution in [3.63, 3.8) is 0 Å². The summed E-state index contributed by atoms with van der Waals surface area (Å²) >= 11 is 1.65. The molecule has 3 aromatic rings. The zero-order valence-electron chi connectivity index (χ0n) is 16.6. The lowest BCUT2D eigenvalue weighted by atomic mass is 10.1. The van der Waals surface area contributed by atoms with Gasteiger partial charge in [-0.25, -0.2) is 4.98 Å². The van der Waals surface area contributed by atoms with Crippen LogP contribution in [-0.2, 0) is 27.2 Å². The van der Waals surface area contributed by atoms with E-state index in [1.165, 1.54) is 0 Å². The number of ether oxygens (including phenoxy) is 1. The first-order valence-electron chi connectivity index (χ1n) is 9.98. The van der Waals surface area contributed by atoms with Crippen LogP contribution < -0.4 is 4.90 Å². The summed E-state index contributed by atoms with van der Waals surface area (Å²) in [6.07, 6.45) is 1.69. The van der Waals surface area contributed by atoms with Gasteiger partial charge in [-0.1, -0.05) is 30.3 Å². The van der Waals surface area contributed by atoms with Crippen molar-refractivity contribution < 1.29 is 14.3 Å². The number of aryl methyl sites for hydroxylation is 1. The van der Waals surface area contributed by atoms with Gasteiger partial charge in [-0.05, 0) is 56.9 Å². The van der Waals surface area contributed by atoms with Crippen LogP contribution in [0.5, 0.6) is 0 Å². The number of benzene rings is 2. The van der Waals surface area contributed by atoms with Gasteiger partial charge in [0.25, 0.3) is 5.91 Å². The molecule has 2 aromatic carbocycles. The van der Waals surface area contributed by atoms with Gasteiger partial charge in [-0.2, -0.15) is 0 Å². The molecule has 0 fully saturated rings. The average Bonchev–Trinajstić information content (AvgIpc) is 3.26. The number of aromatic nitrogens is 1. The molecule has 0 saturated heterocycles. The summed E-state index contributed by atoms with van der Waals surface area (Å²) in [5.41, 5.74) is 3.07. The minimum Gasteiger partial charge on any atom is -0.453 e. The number of esters is 1. The van der Waals surface area contributed by atoms with Gasteiger partial charge in [-0.15, -0.1) is 11.3 Å². The van der Waals surface area contributed by atoms with E-state index in [2.05, 4.69) is 11.1 Å². The Bertz CT molecular complexity index is 1010. The predicted octanol–water partition coefficient (Wildman–Crippen LogP) is 4.53. The molecule has 29 heavy (non-hydrogen) atoms. The molecule has 4 rings (SSSR count). The molecule has 150 valence electrons. The monoisotopic (exact) mass is 408 g/mol. The number of carbonyl (C=O) groups is 2. The first-order chi connectivity index (χ1) is 14.0. The van der Waals surface area contributed by atoms with Crippen LogP contribution in [0, 0.1) is 0 Å². The number of anilines is 1. The molecule has 0 saturated carbocycles. The van der Waals surface area contributed by atoms with Crippen molar-refractivity contribution in [1.82, 2.24) is 4.98 Å². The molecule has 0 N–H and O–H groups in total. The van der Waals surface area contributed by atoms with Crippen LogP contribution >= 0.6 is 11.3 Å². The number of para-hydroxylation sites is 2. The molecular weight excluding hydrogens is 384 g/mol. The highest BCUT2D eigenvalue weighted by atomic mass is 32.1. The maximum Gasteiger partial charge on any atom is 0.306 e. The number of hydrogen-bond donors (Lipinski definition) is 0. The molecule has 0 radical (unpaired) electrons. The number of fused-ring (bicyclic) bond motifs is 2. The maximum absolute atomic E-state index is 12.9. The minimum absolute atomic E-state index is 0.0695. The van der Waals surface area contributed by atoms with Gasteiger partial charge in [0.1, 0.15) is 0 Å². The van der Waals surface area contributed by atoms with Crippen LogP contribution in [0.4, 0.5) is 5.69 Å². The number of rotatable bonds is 6. The lowest BCUT2D eigenvalue weighted by Crippen LogP contribution is -2.43. The molecule has 0 unspecified atom stereocenters. The number of hydrogen-bond acceptors (Lipinski definition) is 5. The van der Waals surface area contributed by atoms with Crippen molar-refractivity contribution in [2.45, 2.75) is 51.7 Å². The van der Waals surface area contributed by atoms with E-state index in [9.17, 15) is 9.59 Å². The number of thiazole rings is 1. The third-order valence-electron chi connectivity index (χ3n) is 5.21.